The lowest BCUT2D eigenvalue weighted by Gasteiger charge is -2.21. The van der Waals surface area contributed by atoms with E-state index in [0.29, 0.717) is 18.5 Å². The summed E-state index contributed by atoms with van der Waals surface area (Å²) >= 11 is 0. The van der Waals surface area contributed by atoms with Gasteiger partial charge >= 0.3 is 0 Å². The predicted molar refractivity (Wildman–Crippen MR) is 74.4 cm³/mol. The van der Waals surface area contributed by atoms with Crippen LogP contribution in [0, 0.1) is 5.92 Å². The van der Waals surface area contributed by atoms with Crippen LogP contribution in [0.3, 0.4) is 0 Å². The smallest absolute Gasteiger partial charge is 0.221 e. The summed E-state index contributed by atoms with van der Waals surface area (Å²) in [4.78, 5) is 12.0. The monoisotopic (exact) mass is 252 g/mol. The third-order valence-corrected chi connectivity index (χ3v) is 4.53. The first-order valence-electron chi connectivity index (χ1n) is 7.82. The van der Waals surface area contributed by atoms with Gasteiger partial charge in [0.2, 0.25) is 5.91 Å². The molecule has 3 heteroatoms. The van der Waals surface area contributed by atoms with Crippen LogP contribution in [0.5, 0.6) is 0 Å². The summed E-state index contributed by atoms with van der Waals surface area (Å²) in [6.07, 6.45) is 10.7. The molecule has 2 fully saturated rings. The molecule has 0 aromatic rings. The van der Waals surface area contributed by atoms with Gasteiger partial charge in [0.25, 0.3) is 0 Å². The van der Waals surface area contributed by atoms with Gasteiger partial charge in [0.05, 0.1) is 0 Å². The summed E-state index contributed by atoms with van der Waals surface area (Å²) in [5, 5.41) is 6.68. The first kappa shape index (κ1) is 13.9. The zero-order valence-electron chi connectivity index (χ0n) is 11.7. The molecule has 2 rings (SSSR count). The molecule has 1 aliphatic carbocycles. The number of amides is 1. The average molecular weight is 252 g/mol. The second kappa shape index (κ2) is 7.13. The van der Waals surface area contributed by atoms with E-state index in [1.165, 1.54) is 44.9 Å². The van der Waals surface area contributed by atoms with Gasteiger partial charge in [-0.25, -0.2) is 0 Å². The van der Waals surface area contributed by atoms with Crippen LogP contribution in [-0.2, 0) is 4.79 Å². The van der Waals surface area contributed by atoms with E-state index in [2.05, 4.69) is 17.6 Å². The summed E-state index contributed by atoms with van der Waals surface area (Å²) in [6, 6.07) is 0.894. The van der Waals surface area contributed by atoms with Crippen molar-refractivity contribution >= 4 is 5.91 Å². The Bertz CT molecular complexity index is 261. The Labute approximate surface area is 111 Å². The maximum atomic E-state index is 12.0. The van der Waals surface area contributed by atoms with E-state index in [1.54, 1.807) is 0 Å². The fourth-order valence-electron chi connectivity index (χ4n) is 3.46. The molecule has 0 aromatic carbocycles. The van der Waals surface area contributed by atoms with Crippen molar-refractivity contribution in [3.63, 3.8) is 0 Å². The molecule has 2 N–H and O–H groups in total. The first-order valence-corrected chi connectivity index (χ1v) is 7.82. The highest BCUT2D eigenvalue weighted by Gasteiger charge is 2.28. The zero-order valence-corrected chi connectivity index (χ0v) is 11.7. The predicted octanol–water partition coefficient (Wildman–Crippen LogP) is 2.60. The van der Waals surface area contributed by atoms with Gasteiger partial charge in [-0.15, -0.1) is 0 Å². The van der Waals surface area contributed by atoms with Crippen molar-refractivity contribution in [3.05, 3.63) is 0 Å². The average Bonchev–Trinajstić information content (AvgIpc) is 2.98. The molecule has 3 unspecified atom stereocenters. The number of unbranched alkanes of at least 4 members (excludes halogenated alkanes) is 1. The molecule has 3 atom stereocenters. The molecule has 104 valence electrons. The fourth-order valence-corrected chi connectivity index (χ4v) is 3.46. The molecule has 2 aliphatic rings. The Hall–Kier alpha value is -0.570. The maximum Gasteiger partial charge on any atom is 0.221 e. The van der Waals surface area contributed by atoms with Gasteiger partial charge in [0.15, 0.2) is 0 Å². The number of hydrogen-bond acceptors (Lipinski definition) is 2. The molecule has 1 saturated heterocycles. The number of carbonyl (C=O) groups excluding carboxylic acids is 1. The normalized spacial score (nSPS) is 31.7. The third-order valence-electron chi connectivity index (χ3n) is 4.53. The SMILES string of the molecule is CCCCC1CCCC1NC(=O)CC1CCCN1. The lowest BCUT2D eigenvalue weighted by molar-refractivity contribution is -0.122. The fraction of sp³-hybridized carbons (Fsp3) is 0.933. The Morgan fingerprint density at radius 3 is 2.89 bits per heavy atom. The molecule has 1 saturated carbocycles. The first-order chi connectivity index (χ1) is 8.79. The lowest BCUT2D eigenvalue weighted by atomic mass is 9.96. The quantitative estimate of drug-likeness (QED) is 0.763. The Morgan fingerprint density at radius 2 is 2.17 bits per heavy atom. The van der Waals surface area contributed by atoms with Gasteiger partial charge in [0.1, 0.15) is 0 Å². The second-order valence-electron chi connectivity index (χ2n) is 6.00. The van der Waals surface area contributed by atoms with Crippen LogP contribution in [0.25, 0.3) is 0 Å². The number of hydrogen-bond donors (Lipinski definition) is 2. The summed E-state index contributed by atoms with van der Waals surface area (Å²) < 4.78 is 0. The van der Waals surface area contributed by atoms with Crippen molar-refractivity contribution in [2.75, 3.05) is 6.54 Å². The van der Waals surface area contributed by atoms with Crippen molar-refractivity contribution in [1.29, 1.82) is 0 Å². The van der Waals surface area contributed by atoms with Crippen LogP contribution in [0.2, 0.25) is 0 Å². The standard InChI is InChI=1S/C15H28N2O/c1-2-3-6-12-7-4-9-14(12)17-15(18)11-13-8-5-10-16-13/h12-14,16H,2-11H2,1H3,(H,17,18). The van der Waals surface area contributed by atoms with E-state index < -0.39 is 0 Å². The molecule has 0 bridgehead atoms. The van der Waals surface area contributed by atoms with E-state index in [-0.39, 0.29) is 5.91 Å². The zero-order chi connectivity index (χ0) is 12.8. The third kappa shape index (κ3) is 3.98. The van der Waals surface area contributed by atoms with Crippen LogP contribution >= 0.6 is 0 Å². The van der Waals surface area contributed by atoms with E-state index >= 15 is 0 Å². The van der Waals surface area contributed by atoms with Gasteiger partial charge in [0, 0.05) is 18.5 Å². The van der Waals surface area contributed by atoms with Gasteiger partial charge in [-0.05, 0) is 44.6 Å². The molecular weight excluding hydrogens is 224 g/mol. The van der Waals surface area contributed by atoms with Crippen molar-refractivity contribution in [2.45, 2.75) is 76.8 Å². The minimum Gasteiger partial charge on any atom is -0.353 e. The highest BCUT2D eigenvalue weighted by molar-refractivity contribution is 5.77. The topological polar surface area (TPSA) is 41.1 Å². The highest BCUT2D eigenvalue weighted by Crippen LogP contribution is 2.30. The maximum absolute atomic E-state index is 12.0. The van der Waals surface area contributed by atoms with Crippen molar-refractivity contribution in [1.82, 2.24) is 10.6 Å². The summed E-state index contributed by atoms with van der Waals surface area (Å²) in [6.45, 7) is 3.33. The molecule has 18 heavy (non-hydrogen) atoms. The van der Waals surface area contributed by atoms with Crippen LogP contribution in [0.4, 0.5) is 0 Å². The van der Waals surface area contributed by atoms with Crippen LogP contribution < -0.4 is 10.6 Å². The minimum absolute atomic E-state index is 0.266. The van der Waals surface area contributed by atoms with Gasteiger partial charge < -0.3 is 10.6 Å². The molecule has 0 spiro atoms. The molecule has 0 aromatic heterocycles. The summed E-state index contributed by atoms with van der Waals surface area (Å²) in [5.41, 5.74) is 0. The largest absolute Gasteiger partial charge is 0.353 e. The van der Waals surface area contributed by atoms with Crippen LogP contribution in [0.1, 0.15) is 64.7 Å². The molecular formula is C15H28N2O. The number of carbonyl (C=O) groups is 1. The Balaban J connectivity index is 1.71. The molecule has 1 heterocycles. The van der Waals surface area contributed by atoms with Crippen molar-refractivity contribution in [3.8, 4) is 0 Å². The Morgan fingerprint density at radius 1 is 1.28 bits per heavy atom. The van der Waals surface area contributed by atoms with E-state index in [9.17, 15) is 4.79 Å². The molecule has 1 amide bonds. The van der Waals surface area contributed by atoms with E-state index in [4.69, 9.17) is 0 Å². The van der Waals surface area contributed by atoms with Crippen molar-refractivity contribution < 1.29 is 4.79 Å². The second-order valence-corrected chi connectivity index (χ2v) is 6.00. The number of rotatable bonds is 6. The summed E-state index contributed by atoms with van der Waals surface area (Å²) in [7, 11) is 0. The summed E-state index contributed by atoms with van der Waals surface area (Å²) in [5.74, 6) is 1.01. The van der Waals surface area contributed by atoms with Gasteiger partial charge in [-0.3, -0.25) is 4.79 Å². The van der Waals surface area contributed by atoms with E-state index in [0.717, 1.165) is 18.9 Å². The lowest BCUT2D eigenvalue weighted by Crippen LogP contribution is -2.40. The minimum atomic E-state index is 0.266. The van der Waals surface area contributed by atoms with Crippen LogP contribution in [0.15, 0.2) is 0 Å². The van der Waals surface area contributed by atoms with Gasteiger partial charge in [-0.2, -0.15) is 0 Å². The molecule has 1 aliphatic heterocycles. The van der Waals surface area contributed by atoms with Gasteiger partial charge in [-0.1, -0.05) is 26.2 Å². The molecule has 3 nitrogen and oxygen atoms in total. The van der Waals surface area contributed by atoms with Crippen molar-refractivity contribution in [2.24, 2.45) is 5.92 Å². The van der Waals surface area contributed by atoms with E-state index in [1.807, 2.05) is 0 Å². The highest BCUT2D eigenvalue weighted by atomic mass is 16.1. The number of nitrogens with one attached hydrogen (secondary N) is 2. The molecule has 0 radical (unpaired) electrons. The van der Waals surface area contributed by atoms with Crippen LogP contribution in [-0.4, -0.2) is 24.5 Å². The Kier molecular flexibility index (Phi) is 5.48.